The Kier molecular flexibility index (Phi) is 7.68. The maximum Gasteiger partial charge on any atom is 0.264 e. The first-order valence-electron chi connectivity index (χ1n) is 10.7. The van der Waals surface area contributed by atoms with Crippen LogP contribution in [0.5, 0.6) is 0 Å². The predicted octanol–water partition coefficient (Wildman–Crippen LogP) is 3.98. The number of carbonyl (C=O) groups excluding carboxylic acids is 2. The number of hydrogen-bond donors (Lipinski definition) is 0. The lowest BCUT2D eigenvalue weighted by Crippen LogP contribution is -2.50. The van der Waals surface area contributed by atoms with E-state index in [0.29, 0.717) is 32.6 Å². The summed E-state index contributed by atoms with van der Waals surface area (Å²) < 4.78 is 13.3. The Morgan fingerprint density at radius 2 is 1.66 bits per heavy atom. The lowest BCUT2D eigenvalue weighted by molar-refractivity contribution is -0.131. The van der Waals surface area contributed by atoms with Crippen LogP contribution < -0.4 is 0 Å². The van der Waals surface area contributed by atoms with Crippen molar-refractivity contribution in [1.82, 2.24) is 14.7 Å². The number of piperazine rings is 1. The molecule has 2 aromatic heterocycles. The summed E-state index contributed by atoms with van der Waals surface area (Å²) in [4.78, 5) is 33.4. The van der Waals surface area contributed by atoms with E-state index in [1.165, 1.54) is 23.5 Å². The van der Waals surface area contributed by atoms with Crippen LogP contribution in [0.2, 0.25) is 0 Å². The molecule has 3 heterocycles. The largest absolute Gasteiger partial charge is 0.337 e. The fourth-order valence-electron chi connectivity index (χ4n) is 3.77. The quantitative estimate of drug-likeness (QED) is 0.499. The van der Waals surface area contributed by atoms with Crippen molar-refractivity contribution in [1.29, 1.82) is 0 Å². The fourth-order valence-corrected chi connectivity index (χ4v) is 5.16. The van der Waals surface area contributed by atoms with Gasteiger partial charge in [-0.1, -0.05) is 24.3 Å². The van der Waals surface area contributed by atoms with E-state index in [1.807, 2.05) is 44.8 Å². The Morgan fingerprint density at radius 3 is 2.31 bits per heavy atom. The van der Waals surface area contributed by atoms with Crippen molar-refractivity contribution in [2.45, 2.75) is 13.0 Å². The van der Waals surface area contributed by atoms with Crippen LogP contribution in [0.25, 0.3) is 0 Å². The molecule has 0 spiro atoms. The highest BCUT2D eigenvalue weighted by atomic mass is 32.1. The van der Waals surface area contributed by atoms with Crippen molar-refractivity contribution in [2.75, 3.05) is 39.3 Å². The summed E-state index contributed by atoms with van der Waals surface area (Å²) in [6, 6.07) is 14.0. The molecule has 2 amide bonds. The van der Waals surface area contributed by atoms with Crippen molar-refractivity contribution in [2.24, 2.45) is 0 Å². The molecule has 0 radical (unpaired) electrons. The van der Waals surface area contributed by atoms with Gasteiger partial charge >= 0.3 is 0 Å². The van der Waals surface area contributed by atoms with Crippen LogP contribution in [0.1, 0.15) is 20.1 Å². The number of rotatable bonds is 8. The average Bonchev–Trinajstić information content (AvgIpc) is 3.52. The Hall–Kier alpha value is -2.55. The van der Waals surface area contributed by atoms with Crippen LogP contribution in [0, 0.1) is 5.82 Å². The van der Waals surface area contributed by atoms with E-state index in [-0.39, 0.29) is 17.6 Å². The van der Waals surface area contributed by atoms with Gasteiger partial charge in [-0.2, -0.15) is 0 Å². The SMILES string of the molecule is O=C(Cc1cccs1)N(CCN1CCN(C(=O)c2cccs2)CC1)Cc1ccc(F)cc1. The highest BCUT2D eigenvalue weighted by Crippen LogP contribution is 2.15. The number of hydrogen-bond acceptors (Lipinski definition) is 5. The minimum Gasteiger partial charge on any atom is -0.337 e. The third kappa shape index (κ3) is 6.03. The zero-order valence-electron chi connectivity index (χ0n) is 17.8. The second kappa shape index (κ2) is 10.8. The predicted molar refractivity (Wildman–Crippen MR) is 127 cm³/mol. The summed E-state index contributed by atoms with van der Waals surface area (Å²) in [6.45, 7) is 4.77. The van der Waals surface area contributed by atoms with Crippen molar-refractivity contribution >= 4 is 34.5 Å². The summed E-state index contributed by atoms with van der Waals surface area (Å²) in [6.07, 6.45) is 0.377. The monoisotopic (exact) mass is 471 g/mol. The second-order valence-electron chi connectivity index (χ2n) is 7.81. The van der Waals surface area contributed by atoms with Crippen LogP contribution in [0.15, 0.2) is 59.3 Å². The molecule has 0 aliphatic carbocycles. The highest BCUT2D eigenvalue weighted by Gasteiger charge is 2.23. The van der Waals surface area contributed by atoms with E-state index in [9.17, 15) is 14.0 Å². The van der Waals surface area contributed by atoms with E-state index in [1.54, 1.807) is 23.5 Å². The Bertz CT molecular complexity index is 999. The minimum absolute atomic E-state index is 0.0725. The summed E-state index contributed by atoms with van der Waals surface area (Å²) in [5.41, 5.74) is 0.914. The van der Waals surface area contributed by atoms with Crippen LogP contribution in [0.4, 0.5) is 4.39 Å². The lowest BCUT2D eigenvalue weighted by Gasteiger charge is -2.35. The minimum atomic E-state index is -0.278. The van der Waals surface area contributed by atoms with E-state index in [4.69, 9.17) is 0 Å². The maximum atomic E-state index is 13.3. The molecule has 3 aromatic rings. The topological polar surface area (TPSA) is 43.9 Å². The summed E-state index contributed by atoms with van der Waals surface area (Å²) in [5, 5.41) is 3.90. The molecule has 0 saturated carbocycles. The molecule has 1 aromatic carbocycles. The number of halogens is 1. The van der Waals surface area contributed by atoms with Gasteiger partial charge in [0, 0.05) is 50.7 Å². The van der Waals surface area contributed by atoms with Gasteiger partial charge in [0.25, 0.3) is 5.91 Å². The van der Waals surface area contributed by atoms with Gasteiger partial charge < -0.3 is 9.80 Å². The van der Waals surface area contributed by atoms with Crippen LogP contribution in [-0.4, -0.2) is 65.8 Å². The van der Waals surface area contributed by atoms with Crippen LogP contribution in [-0.2, 0) is 17.8 Å². The van der Waals surface area contributed by atoms with Gasteiger partial charge in [0.2, 0.25) is 5.91 Å². The van der Waals surface area contributed by atoms with Crippen molar-refractivity contribution < 1.29 is 14.0 Å². The van der Waals surface area contributed by atoms with E-state index in [2.05, 4.69) is 4.90 Å². The van der Waals surface area contributed by atoms with Crippen molar-refractivity contribution in [3.8, 4) is 0 Å². The summed E-state index contributed by atoms with van der Waals surface area (Å²) in [5.74, 6) is -0.104. The fraction of sp³-hybridized carbons (Fsp3) is 0.333. The molecule has 8 heteroatoms. The molecule has 0 atom stereocenters. The Labute approximate surface area is 195 Å². The zero-order valence-corrected chi connectivity index (χ0v) is 19.4. The number of benzene rings is 1. The molecule has 0 N–H and O–H groups in total. The Morgan fingerprint density at radius 1 is 0.938 bits per heavy atom. The van der Waals surface area contributed by atoms with Gasteiger partial charge in [0.05, 0.1) is 11.3 Å². The van der Waals surface area contributed by atoms with E-state index < -0.39 is 0 Å². The van der Waals surface area contributed by atoms with E-state index in [0.717, 1.165) is 35.0 Å². The second-order valence-corrected chi connectivity index (χ2v) is 9.79. The molecule has 5 nitrogen and oxygen atoms in total. The zero-order chi connectivity index (χ0) is 22.3. The van der Waals surface area contributed by atoms with Gasteiger partial charge in [0.15, 0.2) is 0 Å². The molecule has 1 aliphatic rings. The first kappa shape index (κ1) is 22.6. The van der Waals surface area contributed by atoms with Crippen LogP contribution >= 0.6 is 22.7 Å². The highest BCUT2D eigenvalue weighted by molar-refractivity contribution is 7.12. The first-order valence-corrected chi connectivity index (χ1v) is 12.4. The van der Waals surface area contributed by atoms with Gasteiger partial charge in [-0.05, 0) is 40.6 Å². The van der Waals surface area contributed by atoms with Crippen LogP contribution in [0.3, 0.4) is 0 Å². The van der Waals surface area contributed by atoms with Gasteiger partial charge in [-0.15, -0.1) is 22.7 Å². The molecule has 32 heavy (non-hydrogen) atoms. The van der Waals surface area contributed by atoms with Gasteiger partial charge in [-0.3, -0.25) is 14.5 Å². The standard InChI is InChI=1S/C24H26FN3O2S2/c25-20-7-5-19(6-8-20)18-28(23(29)17-21-3-1-15-31-21)14-11-26-9-12-27(13-10-26)24(30)22-4-2-16-32-22/h1-8,15-16H,9-14,17-18H2. The van der Waals surface area contributed by atoms with Gasteiger partial charge in [0.1, 0.15) is 5.82 Å². The molecule has 4 rings (SSSR count). The molecule has 1 fully saturated rings. The maximum absolute atomic E-state index is 13.3. The molecule has 1 saturated heterocycles. The number of nitrogens with zero attached hydrogens (tertiary/aromatic N) is 3. The number of amides is 2. The molecule has 1 aliphatic heterocycles. The third-order valence-corrected chi connectivity index (χ3v) is 7.36. The molecule has 0 unspecified atom stereocenters. The number of thiophene rings is 2. The summed E-state index contributed by atoms with van der Waals surface area (Å²) >= 11 is 3.05. The molecular weight excluding hydrogens is 445 g/mol. The summed E-state index contributed by atoms with van der Waals surface area (Å²) in [7, 11) is 0. The van der Waals surface area contributed by atoms with E-state index >= 15 is 0 Å². The molecule has 168 valence electrons. The number of carbonyl (C=O) groups is 2. The Balaban J connectivity index is 1.33. The average molecular weight is 472 g/mol. The normalized spacial score (nSPS) is 14.5. The molecule has 0 bridgehead atoms. The lowest BCUT2D eigenvalue weighted by atomic mass is 10.2. The third-order valence-electron chi connectivity index (χ3n) is 5.62. The smallest absolute Gasteiger partial charge is 0.264 e. The van der Waals surface area contributed by atoms with Gasteiger partial charge in [-0.25, -0.2) is 4.39 Å². The first-order chi connectivity index (χ1) is 15.6. The van der Waals surface area contributed by atoms with Crippen molar-refractivity contribution in [3.05, 3.63) is 80.4 Å². The molecular formula is C24H26FN3O2S2. The van der Waals surface area contributed by atoms with Crippen molar-refractivity contribution in [3.63, 3.8) is 0 Å².